The quantitative estimate of drug-likeness (QED) is 0.597. The number of amides is 1. The predicted octanol–water partition coefficient (Wildman–Crippen LogP) is 3.00. The molecule has 0 spiro atoms. The van der Waals surface area contributed by atoms with Crippen LogP contribution in [-0.4, -0.2) is 18.6 Å². The highest BCUT2D eigenvalue weighted by Crippen LogP contribution is 2.26. The zero-order chi connectivity index (χ0) is 14.3. The summed E-state index contributed by atoms with van der Waals surface area (Å²) in [6.45, 7) is 4.48. The molecule has 5 heteroatoms. The third-order valence-corrected chi connectivity index (χ3v) is 2.96. The van der Waals surface area contributed by atoms with Crippen molar-refractivity contribution in [2.45, 2.75) is 39.2 Å². The van der Waals surface area contributed by atoms with Gasteiger partial charge in [0.05, 0.1) is 5.69 Å². The molecule has 0 aliphatic rings. The number of halogens is 1. The number of anilines is 1. The van der Waals surface area contributed by atoms with Crippen molar-refractivity contribution in [3.05, 3.63) is 23.2 Å². The molecule has 0 aromatic heterocycles. The minimum absolute atomic E-state index is 0.143. The van der Waals surface area contributed by atoms with Crippen LogP contribution in [0.3, 0.4) is 0 Å². The first-order valence-electron chi connectivity index (χ1n) is 6.54. The normalized spacial score (nSPS) is 11.9. The Kier molecular flexibility index (Phi) is 6.50. The van der Waals surface area contributed by atoms with Crippen LogP contribution >= 0.6 is 11.6 Å². The lowest BCUT2D eigenvalue weighted by Crippen LogP contribution is -2.36. The average Bonchev–Trinajstić information content (AvgIpc) is 2.38. The summed E-state index contributed by atoms with van der Waals surface area (Å²) >= 11 is 5.86. The molecule has 0 aliphatic heterocycles. The first kappa shape index (κ1) is 15.6. The van der Waals surface area contributed by atoms with Gasteiger partial charge in [0.1, 0.15) is 5.75 Å². The molecular weight excluding hydrogens is 264 g/mol. The SMILES string of the molecule is CCCCCNC(=O)C(C)Oc1cc(Cl)ccc1N. The van der Waals surface area contributed by atoms with Gasteiger partial charge in [0.25, 0.3) is 5.91 Å². The van der Waals surface area contributed by atoms with Gasteiger partial charge in [-0.1, -0.05) is 31.4 Å². The second kappa shape index (κ2) is 7.89. The van der Waals surface area contributed by atoms with Gasteiger partial charge in [0.15, 0.2) is 6.10 Å². The molecule has 0 fully saturated rings. The van der Waals surface area contributed by atoms with Crippen molar-refractivity contribution >= 4 is 23.2 Å². The summed E-state index contributed by atoms with van der Waals surface area (Å²) < 4.78 is 5.52. The second-order valence-electron chi connectivity index (χ2n) is 4.44. The summed E-state index contributed by atoms with van der Waals surface area (Å²) in [7, 11) is 0. The Balaban J connectivity index is 2.47. The van der Waals surface area contributed by atoms with Crippen molar-refractivity contribution < 1.29 is 9.53 Å². The Morgan fingerprint density at radius 2 is 2.21 bits per heavy atom. The van der Waals surface area contributed by atoms with E-state index < -0.39 is 6.10 Å². The number of rotatable bonds is 7. The Labute approximate surface area is 119 Å². The number of unbranched alkanes of at least 4 members (excludes halogenated alkanes) is 2. The molecule has 106 valence electrons. The largest absolute Gasteiger partial charge is 0.479 e. The smallest absolute Gasteiger partial charge is 0.260 e. The number of hydrogen-bond donors (Lipinski definition) is 2. The van der Waals surface area contributed by atoms with Gasteiger partial charge in [-0.25, -0.2) is 0 Å². The second-order valence-corrected chi connectivity index (χ2v) is 4.88. The minimum atomic E-state index is -0.595. The Morgan fingerprint density at radius 3 is 2.89 bits per heavy atom. The summed E-state index contributed by atoms with van der Waals surface area (Å²) in [6, 6.07) is 4.94. The molecule has 0 aliphatic carbocycles. The third kappa shape index (κ3) is 5.39. The van der Waals surface area contributed by atoms with Gasteiger partial charge < -0.3 is 15.8 Å². The van der Waals surface area contributed by atoms with Gasteiger partial charge >= 0.3 is 0 Å². The van der Waals surface area contributed by atoms with Crippen LogP contribution in [0.2, 0.25) is 5.02 Å². The lowest BCUT2D eigenvalue weighted by molar-refractivity contribution is -0.127. The highest BCUT2D eigenvalue weighted by atomic mass is 35.5. The Bertz CT molecular complexity index is 424. The van der Waals surface area contributed by atoms with E-state index in [1.807, 2.05) is 0 Å². The van der Waals surface area contributed by atoms with Crippen LogP contribution in [-0.2, 0) is 4.79 Å². The van der Waals surface area contributed by atoms with Gasteiger partial charge in [0, 0.05) is 17.6 Å². The first-order valence-corrected chi connectivity index (χ1v) is 6.91. The van der Waals surface area contributed by atoms with E-state index in [0.29, 0.717) is 23.0 Å². The summed E-state index contributed by atoms with van der Waals surface area (Å²) in [5.74, 6) is 0.291. The summed E-state index contributed by atoms with van der Waals surface area (Å²) in [6.07, 6.45) is 2.62. The first-order chi connectivity index (χ1) is 9.04. The predicted molar refractivity (Wildman–Crippen MR) is 78.5 cm³/mol. The van der Waals surface area contributed by atoms with E-state index >= 15 is 0 Å². The number of nitrogens with one attached hydrogen (secondary N) is 1. The van der Waals surface area contributed by atoms with Crippen LogP contribution in [0.15, 0.2) is 18.2 Å². The Hall–Kier alpha value is -1.42. The van der Waals surface area contributed by atoms with Crippen molar-refractivity contribution in [3.63, 3.8) is 0 Å². The number of nitrogen functional groups attached to an aromatic ring is 1. The maximum absolute atomic E-state index is 11.8. The maximum Gasteiger partial charge on any atom is 0.260 e. The molecule has 0 saturated carbocycles. The molecular formula is C14H21ClN2O2. The maximum atomic E-state index is 11.8. The number of nitrogens with two attached hydrogens (primary N) is 1. The van der Waals surface area contributed by atoms with Crippen molar-refractivity contribution in [1.29, 1.82) is 0 Å². The van der Waals surface area contributed by atoms with Crippen LogP contribution in [0.1, 0.15) is 33.1 Å². The molecule has 1 atom stereocenters. The fraction of sp³-hybridized carbons (Fsp3) is 0.500. The monoisotopic (exact) mass is 284 g/mol. The fourth-order valence-corrected chi connectivity index (χ4v) is 1.75. The fourth-order valence-electron chi connectivity index (χ4n) is 1.58. The van der Waals surface area contributed by atoms with Crippen molar-refractivity contribution in [1.82, 2.24) is 5.32 Å². The van der Waals surface area contributed by atoms with E-state index in [2.05, 4.69) is 12.2 Å². The van der Waals surface area contributed by atoms with Crippen LogP contribution in [0.5, 0.6) is 5.75 Å². The molecule has 1 rings (SSSR count). The van der Waals surface area contributed by atoms with Gasteiger partial charge in [0.2, 0.25) is 0 Å². The number of ether oxygens (including phenoxy) is 1. The highest BCUT2D eigenvalue weighted by molar-refractivity contribution is 6.30. The lowest BCUT2D eigenvalue weighted by atomic mass is 10.2. The van der Waals surface area contributed by atoms with Gasteiger partial charge in [-0.15, -0.1) is 0 Å². The van der Waals surface area contributed by atoms with E-state index in [1.54, 1.807) is 25.1 Å². The third-order valence-electron chi connectivity index (χ3n) is 2.73. The molecule has 1 unspecified atom stereocenters. The number of carbonyl (C=O) groups is 1. The van der Waals surface area contributed by atoms with E-state index in [-0.39, 0.29) is 5.91 Å². The van der Waals surface area contributed by atoms with Crippen LogP contribution in [0.25, 0.3) is 0 Å². The highest BCUT2D eigenvalue weighted by Gasteiger charge is 2.15. The van der Waals surface area contributed by atoms with Gasteiger partial charge in [-0.3, -0.25) is 4.79 Å². The van der Waals surface area contributed by atoms with E-state index in [4.69, 9.17) is 22.1 Å². The molecule has 3 N–H and O–H groups in total. The molecule has 0 radical (unpaired) electrons. The average molecular weight is 285 g/mol. The topological polar surface area (TPSA) is 64.3 Å². The van der Waals surface area contributed by atoms with Crippen LogP contribution < -0.4 is 15.8 Å². The van der Waals surface area contributed by atoms with Crippen molar-refractivity contribution in [2.24, 2.45) is 0 Å². The molecule has 19 heavy (non-hydrogen) atoms. The molecule has 0 heterocycles. The molecule has 4 nitrogen and oxygen atoms in total. The minimum Gasteiger partial charge on any atom is -0.479 e. The van der Waals surface area contributed by atoms with E-state index in [0.717, 1.165) is 19.3 Å². The van der Waals surface area contributed by atoms with Gasteiger partial charge in [-0.05, 0) is 25.5 Å². The lowest BCUT2D eigenvalue weighted by Gasteiger charge is -2.16. The molecule has 0 saturated heterocycles. The van der Waals surface area contributed by atoms with Crippen LogP contribution in [0, 0.1) is 0 Å². The number of carbonyl (C=O) groups excluding carboxylic acids is 1. The molecule has 1 aromatic rings. The van der Waals surface area contributed by atoms with E-state index in [9.17, 15) is 4.79 Å². The molecule has 1 aromatic carbocycles. The summed E-state index contributed by atoms with van der Waals surface area (Å²) in [5.41, 5.74) is 6.23. The van der Waals surface area contributed by atoms with E-state index in [1.165, 1.54) is 0 Å². The number of hydrogen-bond acceptors (Lipinski definition) is 3. The van der Waals surface area contributed by atoms with Crippen molar-refractivity contribution in [2.75, 3.05) is 12.3 Å². The molecule has 1 amide bonds. The Morgan fingerprint density at radius 1 is 1.47 bits per heavy atom. The van der Waals surface area contributed by atoms with Gasteiger partial charge in [-0.2, -0.15) is 0 Å². The summed E-state index contributed by atoms with van der Waals surface area (Å²) in [5, 5.41) is 3.36. The zero-order valence-electron chi connectivity index (χ0n) is 11.4. The number of benzene rings is 1. The standard InChI is InChI=1S/C14H21ClN2O2/c1-3-4-5-8-17-14(18)10(2)19-13-9-11(15)6-7-12(13)16/h6-7,9-10H,3-5,8,16H2,1-2H3,(H,17,18). The zero-order valence-corrected chi connectivity index (χ0v) is 12.2. The van der Waals surface area contributed by atoms with Crippen LogP contribution in [0.4, 0.5) is 5.69 Å². The van der Waals surface area contributed by atoms with Crippen molar-refractivity contribution in [3.8, 4) is 5.75 Å². The summed E-state index contributed by atoms with van der Waals surface area (Å²) in [4.78, 5) is 11.8. The molecule has 0 bridgehead atoms.